The van der Waals surface area contributed by atoms with E-state index in [1.165, 1.54) is 17.7 Å². The second kappa shape index (κ2) is 6.61. The third-order valence-corrected chi connectivity index (χ3v) is 3.60. The number of carboxylic acid groups (broad SMARTS) is 1. The van der Waals surface area contributed by atoms with E-state index in [2.05, 4.69) is 0 Å². The highest BCUT2D eigenvalue weighted by atomic mass is 16.5. The fourth-order valence-corrected chi connectivity index (χ4v) is 1.98. The molecular weight excluding hydrogens is 270 g/mol. The molecule has 1 saturated carbocycles. The zero-order valence-electron chi connectivity index (χ0n) is 12.4. The van der Waals surface area contributed by atoms with Gasteiger partial charge < -0.3 is 14.7 Å². The predicted molar refractivity (Wildman–Crippen MR) is 78.4 cm³/mol. The van der Waals surface area contributed by atoms with Crippen LogP contribution in [0.25, 0.3) is 0 Å². The molecule has 1 atom stereocenters. The Bertz CT molecular complexity index is 508. The summed E-state index contributed by atoms with van der Waals surface area (Å²) in [5.74, 6) is -0.217. The van der Waals surface area contributed by atoms with Crippen LogP contribution in [0.5, 0.6) is 5.75 Å². The highest BCUT2D eigenvalue weighted by molar-refractivity contribution is 5.94. The Morgan fingerprint density at radius 2 is 1.95 bits per heavy atom. The van der Waals surface area contributed by atoms with Gasteiger partial charge in [0.05, 0.1) is 12.5 Å². The zero-order valence-corrected chi connectivity index (χ0v) is 12.4. The maximum atomic E-state index is 12.2. The summed E-state index contributed by atoms with van der Waals surface area (Å²) in [4.78, 5) is 24.4. The highest BCUT2D eigenvalue weighted by Crippen LogP contribution is 2.29. The minimum atomic E-state index is -0.904. The minimum Gasteiger partial charge on any atom is -0.493 e. The third kappa shape index (κ3) is 4.48. The van der Waals surface area contributed by atoms with Crippen molar-refractivity contribution in [1.29, 1.82) is 0 Å². The Hall–Kier alpha value is -2.04. The number of carbonyl (C=O) groups is 2. The van der Waals surface area contributed by atoms with Gasteiger partial charge in [-0.25, -0.2) is 0 Å². The number of rotatable bonds is 7. The normalized spacial score (nSPS) is 15.3. The summed E-state index contributed by atoms with van der Waals surface area (Å²) in [7, 11) is 1.61. The largest absolute Gasteiger partial charge is 0.493 e. The van der Waals surface area contributed by atoms with Crippen molar-refractivity contribution >= 4 is 11.9 Å². The Morgan fingerprint density at radius 3 is 2.48 bits per heavy atom. The van der Waals surface area contributed by atoms with E-state index in [1.807, 2.05) is 0 Å². The van der Waals surface area contributed by atoms with Crippen molar-refractivity contribution in [3.8, 4) is 5.75 Å². The Labute approximate surface area is 124 Å². The molecule has 0 saturated heterocycles. The van der Waals surface area contributed by atoms with Crippen LogP contribution in [0.15, 0.2) is 24.3 Å². The van der Waals surface area contributed by atoms with Crippen molar-refractivity contribution in [2.45, 2.75) is 19.8 Å². The summed E-state index contributed by atoms with van der Waals surface area (Å²) in [6.45, 7) is 2.51. The van der Waals surface area contributed by atoms with Gasteiger partial charge in [0.1, 0.15) is 5.75 Å². The molecule has 1 N–H and O–H groups in total. The molecule has 1 aromatic rings. The molecule has 5 nitrogen and oxygen atoms in total. The number of amides is 1. The van der Waals surface area contributed by atoms with E-state index < -0.39 is 11.9 Å². The summed E-state index contributed by atoms with van der Waals surface area (Å²) in [6.07, 6.45) is 2.48. The first-order valence-corrected chi connectivity index (χ1v) is 7.18. The minimum absolute atomic E-state index is 0.183. The first kappa shape index (κ1) is 15.4. The van der Waals surface area contributed by atoms with E-state index in [0.717, 1.165) is 12.4 Å². The van der Waals surface area contributed by atoms with Crippen molar-refractivity contribution in [2.75, 3.05) is 20.2 Å². The van der Waals surface area contributed by atoms with Crippen LogP contribution in [0.1, 0.15) is 30.1 Å². The molecule has 2 rings (SSSR count). The van der Waals surface area contributed by atoms with E-state index in [-0.39, 0.29) is 12.5 Å². The molecule has 0 spiro atoms. The van der Waals surface area contributed by atoms with Crippen molar-refractivity contribution in [3.63, 3.8) is 0 Å². The molecule has 1 unspecified atom stereocenters. The first-order valence-electron chi connectivity index (χ1n) is 7.18. The lowest BCUT2D eigenvalue weighted by Gasteiger charge is -2.19. The first-order chi connectivity index (χ1) is 9.97. The van der Waals surface area contributed by atoms with E-state index in [4.69, 9.17) is 9.84 Å². The molecule has 1 aliphatic carbocycles. The molecule has 0 aromatic heterocycles. The number of benzene rings is 1. The van der Waals surface area contributed by atoms with Crippen molar-refractivity contribution in [2.24, 2.45) is 11.8 Å². The molecule has 0 radical (unpaired) electrons. The van der Waals surface area contributed by atoms with Crippen molar-refractivity contribution < 1.29 is 19.4 Å². The van der Waals surface area contributed by atoms with E-state index in [9.17, 15) is 9.59 Å². The number of aliphatic carboxylic acids is 1. The van der Waals surface area contributed by atoms with Crippen molar-refractivity contribution in [3.05, 3.63) is 29.8 Å². The van der Waals surface area contributed by atoms with Gasteiger partial charge in [-0.2, -0.15) is 0 Å². The van der Waals surface area contributed by atoms with Crippen LogP contribution in [0.2, 0.25) is 0 Å². The average molecular weight is 291 g/mol. The summed E-state index contributed by atoms with van der Waals surface area (Å²) in [6, 6.07) is 6.99. The SMILES string of the molecule is CC(CN(C)C(=O)c1ccc(OCC2CC2)cc1)C(=O)O. The van der Waals surface area contributed by atoms with E-state index >= 15 is 0 Å². The molecule has 114 valence electrons. The number of hydrogen-bond donors (Lipinski definition) is 1. The van der Waals surface area contributed by atoms with Gasteiger partial charge in [-0.1, -0.05) is 6.92 Å². The topological polar surface area (TPSA) is 66.8 Å². The molecule has 1 aliphatic rings. The third-order valence-electron chi connectivity index (χ3n) is 3.60. The molecule has 0 aliphatic heterocycles. The fraction of sp³-hybridized carbons (Fsp3) is 0.500. The van der Waals surface area contributed by atoms with Crippen LogP contribution < -0.4 is 4.74 Å². The van der Waals surface area contributed by atoms with Crippen LogP contribution >= 0.6 is 0 Å². The summed E-state index contributed by atoms with van der Waals surface area (Å²) in [5.41, 5.74) is 0.536. The lowest BCUT2D eigenvalue weighted by Crippen LogP contribution is -2.33. The summed E-state index contributed by atoms with van der Waals surface area (Å²) in [5, 5.41) is 8.87. The molecule has 1 amide bonds. The Balaban J connectivity index is 1.90. The summed E-state index contributed by atoms with van der Waals surface area (Å²) >= 11 is 0. The van der Waals surface area contributed by atoms with Gasteiger partial charge in [-0.3, -0.25) is 9.59 Å². The van der Waals surface area contributed by atoms with Crippen LogP contribution in [0.3, 0.4) is 0 Å². The van der Waals surface area contributed by atoms with Crippen LogP contribution in [-0.2, 0) is 4.79 Å². The summed E-state index contributed by atoms with van der Waals surface area (Å²) < 4.78 is 5.62. The highest BCUT2D eigenvalue weighted by Gasteiger charge is 2.22. The molecule has 1 aromatic carbocycles. The zero-order chi connectivity index (χ0) is 15.4. The standard InChI is InChI=1S/C16H21NO4/c1-11(16(19)20)9-17(2)15(18)13-5-7-14(8-6-13)21-10-12-3-4-12/h5-8,11-12H,3-4,9-10H2,1-2H3,(H,19,20). The van der Waals surface area contributed by atoms with Gasteiger partial charge in [0, 0.05) is 19.2 Å². The van der Waals surface area contributed by atoms with Gasteiger partial charge in [-0.15, -0.1) is 0 Å². The molecule has 1 fully saturated rings. The quantitative estimate of drug-likeness (QED) is 0.837. The van der Waals surface area contributed by atoms with Crippen LogP contribution in [0, 0.1) is 11.8 Å². The maximum absolute atomic E-state index is 12.2. The van der Waals surface area contributed by atoms with Gasteiger partial charge in [0.25, 0.3) is 5.91 Å². The number of hydrogen-bond acceptors (Lipinski definition) is 3. The molecular formula is C16H21NO4. The van der Waals surface area contributed by atoms with E-state index in [1.54, 1.807) is 38.2 Å². The van der Waals surface area contributed by atoms with Gasteiger partial charge in [0.15, 0.2) is 0 Å². The van der Waals surface area contributed by atoms with Gasteiger partial charge in [-0.05, 0) is 43.0 Å². The monoisotopic (exact) mass is 291 g/mol. The van der Waals surface area contributed by atoms with E-state index in [0.29, 0.717) is 11.5 Å². The molecule has 0 heterocycles. The van der Waals surface area contributed by atoms with Crippen LogP contribution in [0.4, 0.5) is 0 Å². The lowest BCUT2D eigenvalue weighted by atomic mass is 10.1. The maximum Gasteiger partial charge on any atom is 0.308 e. The molecule has 21 heavy (non-hydrogen) atoms. The van der Waals surface area contributed by atoms with Crippen molar-refractivity contribution in [1.82, 2.24) is 4.90 Å². The molecule has 0 bridgehead atoms. The number of nitrogens with zero attached hydrogens (tertiary/aromatic N) is 1. The lowest BCUT2D eigenvalue weighted by molar-refractivity contribution is -0.141. The number of ether oxygens (including phenoxy) is 1. The second-order valence-corrected chi connectivity index (χ2v) is 5.70. The average Bonchev–Trinajstić information content (AvgIpc) is 3.28. The fourth-order valence-electron chi connectivity index (χ4n) is 1.98. The molecule has 5 heteroatoms. The van der Waals surface area contributed by atoms with Crippen LogP contribution in [-0.4, -0.2) is 42.1 Å². The number of carbonyl (C=O) groups excluding carboxylic acids is 1. The Morgan fingerprint density at radius 1 is 1.33 bits per heavy atom. The van der Waals surface area contributed by atoms with Gasteiger partial charge in [0.2, 0.25) is 0 Å². The Kier molecular flexibility index (Phi) is 4.83. The second-order valence-electron chi connectivity index (χ2n) is 5.70. The number of carboxylic acids is 1. The predicted octanol–water partition coefficient (Wildman–Crippen LogP) is 2.27. The van der Waals surface area contributed by atoms with Gasteiger partial charge >= 0.3 is 5.97 Å². The smallest absolute Gasteiger partial charge is 0.308 e.